The number of pyridine rings is 1. The summed E-state index contributed by atoms with van der Waals surface area (Å²) in [4.78, 5) is 24.5. The summed E-state index contributed by atoms with van der Waals surface area (Å²) in [5, 5.41) is 40.7. The van der Waals surface area contributed by atoms with Crippen LogP contribution in [-0.4, -0.2) is 75.4 Å². The summed E-state index contributed by atoms with van der Waals surface area (Å²) in [6.45, 7) is 1.05. The molecule has 1 fully saturated rings. The lowest BCUT2D eigenvalue weighted by Crippen LogP contribution is -2.60. The van der Waals surface area contributed by atoms with Crippen molar-refractivity contribution in [1.82, 2.24) is 4.57 Å². The Morgan fingerprint density at radius 3 is 2.43 bits per heavy atom. The number of esters is 1. The van der Waals surface area contributed by atoms with Crippen molar-refractivity contribution in [2.75, 3.05) is 13.7 Å². The van der Waals surface area contributed by atoms with Gasteiger partial charge in [-0.3, -0.25) is 9.59 Å². The topological polar surface area (TPSA) is 148 Å². The van der Waals surface area contributed by atoms with Gasteiger partial charge in [-0.05, 0) is 53.3 Å². The number of aliphatic hydroxyl groups excluding tert-OH is 4. The number of fused-ring (bicyclic) bond motifs is 1. The standard InChI is InChI=1S/C25H27NO9/c1-13-9-15(5-6-18(13)34-25-23(31)22(30)21(29)19(12-27)35-25)16-4-3-14-7-8-26(11-20(28)33-2)24(32)17(14)10-16/h3-10,19,21-23,25,27,29-31H,11-12H2,1-2H3/t19-,21+,22-,23+,25-/m0/s1. The molecule has 1 aliphatic rings. The smallest absolute Gasteiger partial charge is 0.325 e. The predicted molar refractivity (Wildman–Crippen MR) is 125 cm³/mol. The second kappa shape index (κ2) is 10.1. The first-order chi connectivity index (χ1) is 16.7. The number of aryl methyl sites for hydroxylation is 1. The van der Waals surface area contributed by atoms with E-state index in [-0.39, 0.29) is 12.1 Å². The average molecular weight is 485 g/mol. The molecule has 0 radical (unpaired) electrons. The molecule has 2 heterocycles. The number of hydrogen-bond acceptors (Lipinski definition) is 9. The SMILES string of the molecule is COC(=O)Cn1ccc2ccc(-c3ccc(O[C@H]4O[C@@H](CO)[C@@H](O)[C@H](O)[C@H]4O)c(C)c3)cc2c1=O. The Labute approximate surface area is 200 Å². The molecule has 1 aliphatic heterocycles. The molecule has 3 aromatic rings. The van der Waals surface area contributed by atoms with Gasteiger partial charge in [0.25, 0.3) is 5.56 Å². The Balaban J connectivity index is 1.60. The molecule has 0 amide bonds. The van der Waals surface area contributed by atoms with E-state index < -0.39 is 43.3 Å². The van der Waals surface area contributed by atoms with E-state index in [1.165, 1.54) is 11.7 Å². The van der Waals surface area contributed by atoms with Crippen LogP contribution in [0.3, 0.4) is 0 Å². The van der Waals surface area contributed by atoms with Crippen LogP contribution in [0.5, 0.6) is 5.75 Å². The molecule has 0 unspecified atom stereocenters. The second-order valence-electron chi connectivity index (χ2n) is 8.42. The number of methoxy groups -OCH3 is 1. The molecule has 4 N–H and O–H groups in total. The van der Waals surface area contributed by atoms with Crippen molar-refractivity contribution in [3.63, 3.8) is 0 Å². The maximum Gasteiger partial charge on any atom is 0.325 e. The van der Waals surface area contributed by atoms with E-state index >= 15 is 0 Å². The van der Waals surface area contributed by atoms with Gasteiger partial charge in [-0.2, -0.15) is 0 Å². The van der Waals surface area contributed by atoms with Crippen LogP contribution in [0.4, 0.5) is 0 Å². The van der Waals surface area contributed by atoms with Crippen LogP contribution < -0.4 is 10.3 Å². The maximum absolute atomic E-state index is 12.9. The lowest BCUT2D eigenvalue weighted by Gasteiger charge is -2.39. The molecule has 35 heavy (non-hydrogen) atoms. The Bertz CT molecular complexity index is 1290. The van der Waals surface area contributed by atoms with Gasteiger partial charge in [-0.15, -0.1) is 0 Å². The zero-order chi connectivity index (χ0) is 25.3. The zero-order valence-corrected chi connectivity index (χ0v) is 19.2. The number of nitrogens with zero attached hydrogens (tertiary/aromatic N) is 1. The molecule has 0 saturated carbocycles. The maximum atomic E-state index is 12.9. The fourth-order valence-corrected chi connectivity index (χ4v) is 4.04. The molecule has 5 atom stereocenters. The largest absolute Gasteiger partial charge is 0.468 e. The van der Waals surface area contributed by atoms with E-state index in [4.69, 9.17) is 9.47 Å². The van der Waals surface area contributed by atoms with Gasteiger partial charge < -0.3 is 39.2 Å². The Hall–Kier alpha value is -3.28. The molecule has 0 bridgehead atoms. The molecule has 4 rings (SSSR count). The molecule has 10 nitrogen and oxygen atoms in total. The van der Waals surface area contributed by atoms with Gasteiger partial charge in [0.2, 0.25) is 6.29 Å². The van der Waals surface area contributed by atoms with Crippen molar-refractivity contribution < 1.29 is 39.4 Å². The summed E-state index contributed by atoms with van der Waals surface area (Å²) in [7, 11) is 1.26. The predicted octanol–water partition coefficient (Wildman–Crippen LogP) is 0.329. The monoisotopic (exact) mass is 485 g/mol. The highest BCUT2D eigenvalue weighted by Crippen LogP contribution is 2.30. The molecule has 0 aliphatic carbocycles. The van der Waals surface area contributed by atoms with Crippen LogP contribution in [-0.2, 0) is 20.8 Å². The molecule has 0 spiro atoms. The van der Waals surface area contributed by atoms with E-state index in [1.807, 2.05) is 18.2 Å². The Kier molecular flexibility index (Phi) is 7.20. The lowest BCUT2D eigenvalue weighted by atomic mass is 9.99. The van der Waals surface area contributed by atoms with E-state index in [2.05, 4.69) is 4.74 Å². The quantitative estimate of drug-likeness (QED) is 0.363. The summed E-state index contributed by atoms with van der Waals surface area (Å²) in [5.41, 5.74) is 1.95. The van der Waals surface area contributed by atoms with Crippen LogP contribution in [0, 0.1) is 6.92 Å². The summed E-state index contributed by atoms with van der Waals surface area (Å²) >= 11 is 0. The molecular formula is C25H27NO9. The van der Waals surface area contributed by atoms with Crippen LogP contribution in [0.15, 0.2) is 53.5 Å². The third-order valence-corrected chi connectivity index (χ3v) is 6.11. The van der Waals surface area contributed by atoms with Gasteiger partial charge in [0.1, 0.15) is 36.7 Å². The van der Waals surface area contributed by atoms with E-state index in [1.54, 1.807) is 37.4 Å². The molecule has 2 aromatic carbocycles. The average Bonchev–Trinajstić information content (AvgIpc) is 2.86. The zero-order valence-electron chi connectivity index (χ0n) is 19.2. The minimum absolute atomic E-state index is 0.182. The van der Waals surface area contributed by atoms with Crippen LogP contribution in [0.2, 0.25) is 0 Å². The number of rotatable bonds is 6. The normalized spacial score (nSPS) is 24.3. The highest BCUT2D eigenvalue weighted by molar-refractivity contribution is 5.87. The molecule has 1 saturated heterocycles. The number of hydrogen-bond donors (Lipinski definition) is 4. The van der Waals surface area contributed by atoms with Gasteiger partial charge in [-0.25, -0.2) is 0 Å². The number of carbonyl (C=O) groups is 1. The van der Waals surface area contributed by atoms with Crippen LogP contribution >= 0.6 is 0 Å². The van der Waals surface area contributed by atoms with Crippen molar-refractivity contribution in [2.24, 2.45) is 0 Å². The van der Waals surface area contributed by atoms with E-state index in [9.17, 15) is 30.0 Å². The van der Waals surface area contributed by atoms with Gasteiger partial charge in [0, 0.05) is 11.6 Å². The van der Waals surface area contributed by atoms with Crippen molar-refractivity contribution in [3.8, 4) is 16.9 Å². The first kappa shape index (κ1) is 24.8. The summed E-state index contributed by atoms with van der Waals surface area (Å²) < 4.78 is 17.1. The van der Waals surface area contributed by atoms with Gasteiger partial charge in [0.15, 0.2) is 0 Å². The minimum Gasteiger partial charge on any atom is -0.468 e. The first-order valence-corrected chi connectivity index (χ1v) is 11.0. The van der Waals surface area contributed by atoms with Crippen LogP contribution in [0.25, 0.3) is 21.9 Å². The summed E-state index contributed by atoms with van der Waals surface area (Å²) in [6.07, 6.45) is -5.33. The highest BCUT2D eigenvalue weighted by Gasteiger charge is 2.44. The van der Waals surface area contributed by atoms with Crippen LogP contribution in [0.1, 0.15) is 5.56 Å². The lowest BCUT2D eigenvalue weighted by molar-refractivity contribution is -0.277. The molecule has 10 heteroatoms. The fourth-order valence-electron chi connectivity index (χ4n) is 4.04. The second-order valence-corrected chi connectivity index (χ2v) is 8.42. The third kappa shape index (κ3) is 4.93. The van der Waals surface area contributed by atoms with Crippen molar-refractivity contribution in [2.45, 2.75) is 44.2 Å². The number of aliphatic hydroxyl groups is 4. The number of benzene rings is 2. The molecule has 186 valence electrons. The summed E-state index contributed by atoms with van der Waals surface area (Å²) in [5.74, 6) is -0.146. The molecule has 1 aromatic heterocycles. The van der Waals surface area contributed by atoms with Crippen molar-refractivity contribution in [1.29, 1.82) is 0 Å². The van der Waals surface area contributed by atoms with Crippen molar-refractivity contribution in [3.05, 3.63) is 64.6 Å². The van der Waals surface area contributed by atoms with Gasteiger partial charge in [0.05, 0.1) is 13.7 Å². The number of aromatic nitrogens is 1. The molecular weight excluding hydrogens is 458 g/mol. The van der Waals surface area contributed by atoms with E-state index in [0.717, 1.165) is 16.5 Å². The first-order valence-electron chi connectivity index (χ1n) is 11.0. The minimum atomic E-state index is -1.54. The Morgan fingerprint density at radius 2 is 1.74 bits per heavy atom. The fraction of sp³-hybridized carbons (Fsp3) is 0.360. The van der Waals surface area contributed by atoms with Gasteiger partial charge in [-0.1, -0.05) is 18.2 Å². The highest BCUT2D eigenvalue weighted by atomic mass is 16.7. The third-order valence-electron chi connectivity index (χ3n) is 6.11. The Morgan fingerprint density at radius 1 is 1.03 bits per heavy atom. The number of carbonyl (C=O) groups excluding carboxylic acids is 1. The number of ether oxygens (including phenoxy) is 3. The summed E-state index contributed by atoms with van der Waals surface area (Å²) in [6, 6.07) is 12.5. The van der Waals surface area contributed by atoms with Crippen molar-refractivity contribution >= 4 is 16.7 Å². The van der Waals surface area contributed by atoms with Gasteiger partial charge >= 0.3 is 5.97 Å². The van der Waals surface area contributed by atoms with E-state index in [0.29, 0.717) is 16.7 Å².